The van der Waals surface area contributed by atoms with E-state index in [1.807, 2.05) is 61.5 Å². The number of benzene rings is 3. The zero-order valence-electron chi connectivity index (χ0n) is 21.8. The van der Waals surface area contributed by atoms with Gasteiger partial charge in [-0.15, -0.1) is 0 Å². The van der Waals surface area contributed by atoms with Crippen LogP contribution in [0.5, 0.6) is 0 Å². The Bertz CT molecular complexity index is 1250. The molecule has 1 atom stereocenters. The van der Waals surface area contributed by atoms with Crippen molar-refractivity contribution in [2.24, 2.45) is 0 Å². The van der Waals surface area contributed by atoms with Crippen molar-refractivity contribution < 1.29 is 14.5 Å². The van der Waals surface area contributed by atoms with Crippen LogP contribution in [-0.4, -0.2) is 33.7 Å². The normalized spacial score (nSPS) is 14.4. The first kappa shape index (κ1) is 27.0. The van der Waals surface area contributed by atoms with Crippen molar-refractivity contribution >= 4 is 17.5 Å². The first-order chi connectivity index (χ1) is 18.4. The number of carbonyl (C=O) groups excluding carboxylic acids is 2. The second kappa shape index (κ2) is 13.0. The number of carbonyl (C=O) groups is 2. The fourth-order valence-electron chi connectivity index (χ4n) is 5.17. The Hall–Kier alpha value is -4.00. The lowest BCUT2D eigenvalue weighted by Crippen LogP contribution is -2.53. The van der Waals surface area contributed by atoms with E-state index in [1.165, 1.54) is 12.5 Å². The fourth-order valence-corrected chi connectivity index (χ4v) is 5.17. The molecule has 0 unspecified atom stereocenters. The predicted octanol–water partition coefficient (Wildman–Crippen LogP) is 5.53. The molecule has 0 bridgehead atoms. The lowest BCUT2D eigenvalue weighted by Gasteiger charge is -2.34. The SMILES string of the molecule is Cc1ccccc1CN(C(=O)Cc1ccccc1[N+](=O)[O-])[C@@H](Cc1ccccc1)C(=O)NC1CCCCC1. The molecule has 1 fully saturated rings. The Morgan fingerprint density at radius 3 is 2.24 bits per heavy atom. The molecule has 1 aliphatic carbocycles. The van der Waals surface area contributed by atoms with Crippen molar-refractivity contribution in [2.75, 3.05) is 0 Å². The maximum Gasteiger partial charge on any atom is 0.273 e. The van der Waals surface area contributed by atoms with E-state index in [4.69, 9.17) is 0 Å². The molecule has 0 aliphatic heterocycles. The van der Waals surface area contributed by atoms with Gasteiger partial charge in [0.2, 0.25) is 11.8 Å². The van der Waals surface area contributed by atoms with Crippen LogP contribution >= 0.6 is 0 Å². The van der Waals surface area contributed by atoms with Crippen LogP contribution in [0.15, 0.2) is 78.9 Å². The minimum Gasteiger partial charge on any atom is -0.352 e. The second-order valence-corrected chi connectivity index (χ2v) is 10.1. The summed E-state index contributed by atoms with van der Waals surface area (Å²) in [4.78, 5) is 40.6. The number of amides is 2. The number of nitro benzene ring substituents is 1. The summed E-state index contributed by atoms with van der Waals surface area (Å²) in [5.74, 6) is -0.493. The summed E-state index contributed by atoms with van der Waals surface area (Å²) in [7, 11) is 0. The third-order valence-corrected chi connectivity index (χ3v) is 7.35. The van der Waals surface area contributed by atoms with Gasteiger partial charge in [0.25, 0.3) is 5.69 Å². The van der Waals surface area contributed by atoms with Crippen molar-refractivity contribution in [3.05, 3.63) is 111 Å². The third-order valence-electron chi connectivity index (χ3n) is 7.35. The smallest absolute Gasteiger partial charge is 0.273 e. The highest BCUT2D eigenvalue weighted by Crippen LogP contribution is 2.23. The molecule has 0 heterocycles. The minimum atomic E-state index is -0.755. The molecule has 2 amide bonds. The summed E-state index contributed by atoms with van der Waals surface area (Å²) < 4.78 is 0. The number of nitro groups is 1. The minimum absolute atomic E-state index is 0.0945. The molecule has 0 radical (unpaired) electrons. The maximum atomic E-state index is 14.0. The second-order valence-electron chi connectivity index (χ2n) is 10.1. The highest BCUT2D eigenvalue weighted by molar-refractivity contribution is 5.89. The number of nitrogens with one attached hydrogen (secondary N) is 1. The molecule has 0 aromatic heterocycles. The summed E-state index contributed by atoms with van der Waals surface area (Å²) >= 11 is 0. The van der Waals surface area contributed by atoms with Gasteiger partial charge in [0, 0.05) is 30.6 Å². The van der Waals surface area contributed by atoms with Crippen molar-refractivity contribution in [3.8, 4) is 0 Å². The van der Waals surface area contributed by atoms with Crippen LogP contribution in [0.3, 0.4) is 0 Å². The van der Waals surface area contributed by atoms with E-state index in [-0.39, 0.29) is 36.5 Å². The van der Waals surface area contributed by atoms with Gasteiger partial charge in [-0.3, -0.25) is 19.7 Å². The fraction of sp³-hybridized carbons (Fsp3) is 0.355. The zero-order chi connectivity index (χ0) is 26.9. The molecule has 3 aromatic carbocycles. The summed E-state index contributed by atoms with van der Waals surface area (Å²) in [6.45, 7) is 2.22. The first-order valence-corrected chi connectivity index (χ1v) is 13.3. The van der Waals surface area contributed by atoms with Crippen LogP contribution in [-0.2, 0) is 29.0 Å². The number of nitrogens with zero attached hydrogens (tertiary/aromatic N) is 2. The third kappa shape index (κ3) is 7.06. The van der Waals surface area contributed by atoms with Crippen molar-refractivity contribution in [2.45, 2.75) is 70.5 Å². The molecule has 4 rings (SSSR count). The van der Waals surface area contributed by atoms with Crippen LogP contribution in [0.25, 0.3) is 0 Å². The van der Waals surface area contributed by atoms with E-state index in [2.05, 4.69) is 5.32 Å². The van der Waals surface area contributed by atoms with Crippen LogP contribution in [0, 0.1) is 17.0 Å². The first-order valence-electron chi connectivity index (χ1n) is 13.3. The molecule has 7 heteroatoms. The molecule has 38 heavy (non-hydrogen) atoms. The average molecular weight is 514 g/mol. The van der Waals surface area contributed by atoms with E-state index >= 15 is 0 Å². The van der Waals surface area contributed by atoms with Gasteiger partial charge in [-0.05, 0) is 36.5 Å². The summed E-state index contributed by atoms with van der Waals surface area (Å²) in [6.07, 6.45) is 5.40. The molecule has 7 nitrogen and oxygen atoms in total. The van der Waals surface area contributed by atoms with Gasteiger partial charge < -0.3 is 10.2 Å². The Kier molecular flexibility index (Phi) is 9.25. The van der Waals surface area contributed by atoms with Gasteiger partial charge in [-0.1, -0.05) is 92.1 Å². The average Bonchev–Trinajstić information content (AvgIpc) is 2.93. The molecular weight excluding hydrogens is 478 g/mol. The molecule has 0 saturated heterocycles. The standard InChI is InChI=1S/C31H35N3O4/c1-23-12-8-9-16-26(23)22-33(30(35)21-25-15-10-11-19-28(25)34(37)38)29(20-24-13-4-2-5-14-24)31(36)32-27-17-6-3-7-18-27/h2,4-5,8-16,19,27,29H,3,6-7,17-18,20-22H2,1H3,(H,32,36)/t29-/m0/s1. The predicted molar refractivity (Wildman–Crippen MR) is 147 cm³/mol. The van der Waals surface area contributed by atoms with Crippen molar-refractivity contribution in [1.29, 1.82) is 0 Å². The van der Waals surface area contributed by atoms with Crippen LogP contribution in [0.1, 0.15) is 54.4 Å². The number of rotatable bonds is 10. The van der Waals surface area contributed by atoms with Gasteiger partial charge in [0.05, 0.1) is 11.3 Å². The van der Waals surface area contributed by atoms with Gasteiger partial charge in [-0.25, -0.2) is 0 Å². The zero-order valence-corrected chi connectivity index (χ0v) is 21.8. The van der Waals surface area contributed by atoms with Gasteiger partial charge in [-0.2, -0.15) is 0 Å². The number of hydrogen-bond acceptors (Lipinski definition) is 4. The molecule has 1 N–H and O–H groups in total. The Morgan fingerprint density at radius 2 is 1.55 bits per heavy atom. The number of para-hydroxylation sites is 1. The maximum absolute atomic E-state index is 14.0. The van der Waals surface area contributed by atoms with Crippen molar-refractivity contribution in [3.63, 3.8) is 0 Å². The highest BCUT2D eigenvalue weighted by atomic mass is 16.6. The van der Waals surface area contributed by atoms with E-state index in [0.29, 0.717) is 12.0 Å². The van der Waals surface area contributed by atoms with Crippen molar-refractivity contribution in [1.82, 2.24) is 10.2 Å². The molecule has 0 spiro atoms. The van der Waals surface area contributed by atoms with Crippen LogP contribution in [0.4, 0.5) is 5.69 Å². The lowest BCUT2D eigenvalue weighted by atomic mass is 9.94. The number of hydrogen-bond donors (Lipinski definition) is 1. The largest absolute Gasteiger partial charge is 0.352 e. The van der Waals surface area contributed by atoms with E-state index in [0.717, 1.165) is 42.4 Å². The Labute approximate surface area is 224 Å². The Balaban J connectivity index is 1.70. The highest BCUT2D eigenvalue weighted by Gasteiger charge is 2.33. The van der Waals surface area contributed by atoms with Crippen LogP contribution < -0.4 is 5.32 Å². The molecule has 1 saturated carbocycles. The Morgan fingerprint density at radius 1 is 0.921 bits per heavy atom. The van der Waals surface area contributed by atoms with Gasteiger partial charge in [0.15, 0.2) is 0 Å². The molecular formula is C31H35N3O4. The molecule has 3 aromatic rings. The van der Waals surface area contributed by atoms with Gasteiger partial charge >= 0.3 is 0 Å². The molecule has 1 aliphatic rings. The van der Waals surface area contributed by atoms with E-state index < -0.39 is 11.0 Å². The summed E-state index contributed by atoms with van der Waals surface area (Å²) in [5, 5.41) is 14.9. The summed E-state index contributed by atoms with van der Waals surface area (Å²) in [5.41, 5.74) is 3.14. The monoisotopic (exact) mass is 513 g/mol. The van der Waals surface area contributed by atoms with Crippen LogP contribution in [0.2, 0.25) is 0 Å². The molecule has 198 valence electrons. The number of aryl methyl sites for hydroxylation is 1. The topological polar surface area (TPSA) is 92.6 Å². The van der Waals surface area contributed by atoms with E-state index in [9.17, 15) is 19.7 Å². The quantitative estimate of drug-likeness (QED) is 0.285. The van der Waals surface area contributed by atoms with Gasteiger partial charge in [0.1, 0.15) is 6.04 Å². The summed E-state index contributed by atoms with van der Waals surface area (Å²) in [6, 6.07) is 23.1. The lowest BCUT2D eigenvalue weighted by molar-refractivity contribution is -0.385. The van der Waals surface area contributed by atoms with E-state index in [1.54, 1.807) is 23.1 Å².